The highest BCUT2D eigenvalue weighted by Gasteiger charge is 2.22. The molecule has 0 saturated carbocycles. The summed E-state index contributed by atoms with van der Waals surface area (Å²) in [5, 5.41) is 6.79. The Morgan fingerprint density at radius 3 is 2.26 bits per heavy atom. The van der Waals surface area contributed by atoms with Gasteiger partial charge in [0.25, 0.3) is 11.8 Å². The summed E-state index contributed by atoms with van der Waals surface area (Å²) >= 11 is 1.54. The maximum atomic E-state index is 12.4. The number of rotatable bonds is 7. The van der Waals surface area contributed by atoms with Crippen LogP contribution in [0.4, 0.5) is 0 Å². The summed E-state index contributed by atoms with van der Waals surface area (Å²) in [4.78, 5) is 29.0. The monoisotopic (exact) mass is 435 g/mol. The van der Waals surface area contributed by atoms with Crippen molar-refractivity contribution in [3.63, 3.8) is 0 Å². The molecule has 1 saturated heterocycles. The van der Waals surface area contributed by atoms with Crippen molar-refractivity contribution in [3.8, 4) is 11.5 Å². The quantitative estimate of drug-likeness (QED) is 0.614. The largest absolute Gasteiger partial charge is 0.457 e. The Hall–Kier alpha value is -3.16. The Morgan fingerprint density at radius 1 is 0.871 bits per heavy atom. The highest BCUT2D eigenvalue weighted by molar-refractivity contribution is 7.08. The van der Waals surface area contributed by atoms with E-state index in [1.807, 2.05) is 52.1 Å². The third-order valence-corrected chi connectivity index (χ3v) is 5.92. The fourth-order valence-corrected chi connectivity index (χ4v) is 4.10. The minimum Gasteiger partial charge on any atom is -0.457 e. The molecule has 0 bridgehead atoms. The zero-order valence-corrected chi connectivity index (χ0v) is 18.0. The maximum absolute atomic E-state index is 12.4. The molecule has 1 fully saturated rings. The average Bonchev–Trinajstić information content (AvgIpc) is 3.35. The van der Waals surface area contributed by atoms with Crippen LogP contribution in [0.25, 0.3) is 0 Å². The van der Waals surface area contributed by atoms with Crippen LogP contribution >= 0.6 is 11.3 Å². The van der Waals surface area contributed by atoms with E-state index in [0.29, 0.717) is 30.9 Å². The number of hydrogen-bond acceptors (Lipinski definition) is 5. The van der Waals surface area contributed by atoms with Gasteiger partial charge in [0.1, 0.15) is 11.5 Å². The fourth-order valence-electron chi connectivity index (χ4n) is 3.47. The molecule has 6 nitrogen and oxygen atoms in total. The average molecular weight is 436 g/mol. The van der Waals surface area contributed by atoms with Crippen molar-refractivity contribution in [1.29, 1.82) is 0 Å². The van der Waals surface area contributed by atoms with E-state index >= 15 is 0 Å². The highest BCUT2D eigenvalue weighted by Crippen LogP contribution is 2.21. The van der Waals surface area contributed by atoms with E-state index in [2.05, 4.69) is 10.2 Å². The third kappa shape index (κ3) is 5.71. The molecule has 2 heterocycles. The Kier molecular flexibility index (Phi) is 6.96. The Labute approximate surface area is 186 Å². The van der Waals surface area contributed by atoms with Crippen LogP contribution in [0.2, 0.25) is 0 Å². The van der Waals surface area contributed by atoms with Gasteiger partial charge in [-0.25, -0.2) is 0 Å². The Morgan fingerprint density at radius 2 is 1.58 bits per heavy atom. The maximum Gasteiger partial charge on any atom is 0.254 e. The summed E-state index contributed by atoms with van der Waals surface area (Å²) in [7, 11) is 0. The van der Waals surface area contributed by atoms with Crippen molar-refractivity contribution in [2.45, 2.75) is 0 Å². The van der Waals surface area contributed by atoms with E-state index in [-0.39, 0.29) is 11.8 Å². The molecule has 3 aromatic rings. The van der Waals surface area contributed by atoms with Gasteiger partial charge in [0.05, 0.1) is 5.56 Å². The number of ether oxygens (including phenoxy) is 1. The molecule has 1 aliphatic heterocycles. The molecule has 2 amide bonds. The summed E-state index contributed by atoms with van der Waals surface area (Å²) in [6.45, 7) is 4.40. The summed E-state index contributed by atoms with van der Waals surface area (Å²) in [5.74, 6) is 1.46. The van der Waals surface area contributed by atoms with E-state index < -0.39 is 0 Å². The van der Waals surface area contributed by atoms with Gasteiger partial charge >= 0.3 is 0 Å². The first-order valence-electron chi connectivity index (χ1n) is 10.3. The molecule has 4 rings (SSSR count). The van der Waals surface area contributed by atoms with Crippen LogP contribution in [0.5, 0.6) is 11.5 Å². The van der Waals surface area contributed by atoms with Crippen molar-refractivity contribution >= 4 is 23.2 Å². The van der Waals surface area contributed by atoms with Crippen LogP contribution in [0.15, 0.2) is 71.4 Å². The number of piperazine rings is 1. The van der Waals surface area contributed by atoms with Gasteiger partial charge in [-0.05, 0) is 47.8 Å². The van der Waals surface area contributed by atoms with E-state index in [0.717, 1.165) is 30.9 Å². The molecule has 1 aromatic heterocycles. The number of hydrogen-bond donors (Lipinski definition) is 1. The van der Waals surface area contributed by atoms with Gasteiger partial charge in [-0.2, -0.15) is 11.3 Å². The lowest BCUT2D eigenvalue weighted by molar-refractivity contribution is 0.0638. The van der Waals surface area contributed by atoms with Crippen LogP contribution in [0, 0.1) is 0 Å². The third-order valence-electron chi connectivity index (χ3n) is 5.24. The molecular weight excluding hydrogens is 410 g/mol. The minimum atomic E-state index is -0.0995. The van der Waals surface area contributed by atoms with Crippen molar-refractivity contribution in [1.82, 2.24) is 15.1 Å². The molecular formula is C24H25N3O3S. The zero-order valence-electron chi connectivity index (χ0n) is 17.2. The van der Waals surface area contributed by atoms with Gasteiger partial charge in [0, 0.05) is 50.2 Å². The number of nitrogens with zero attached hydrogens (tertiary/aromatic N) is 2. The van der Waals surface area contributed by atoms with Crippen molar-refractivity contribution in [3.05, 3.63) is 82.6 Å². The highest BCUT2D eigenvalue weighted by atomic mass is 32.1. The predicted octanol–water partition coefficient (Wildman–Crippen LogP) is 3.73. The lowest BCUT2D eigenvalue weighted by Crippen LogP contribution is -2.50. The normalized spacial score (nSPS) is 14.3. The fraction of sp³-hybridized carbons (Fsp3) is 0.250. The topological polar surface area (TPSA) is 61.9 Å². The molecule has 160 valence electrons. The number of thiophene rings is 1. The van der Waals surface area contributed by atoms with E-state index in [1.165, 1.54) is 0 Å². The van der Waals surface area contributed by atoms with Crippen LogP contribution in [0.1, 0.15) is 20.7 Å². The molecule has 0 unspecified atom stereocenters. The standard InChI is InChI=1S/C24H25N3O3S/c28-23(19-6-8-22(9-7-19)30-21-4-2-1-3-5-21)25-11-12-26-13-15-27(16-14-26)24(29)20-10-17-31-18-20/h1-10,17-18H,11-16H2,(H,25,28). The van der Waals surface area contributed by atoms with Crippen molar-refractivity contribution in [2.75, 3.05) is 39.3 Å². The SMILES string of the molecule is O=C(NCCN1CCN(C(=O)c2ccsc2)CC1)c1ccc(Oc2ccccc2)cc1. The first-order valence-corrected chi connectivity index (χ1v) is 11.3. The number of carbonyl (C=O) groups is 2. The van der Waals surface area contributed by atoms with E-state index in [1.54, 1.807) is 35.6 Å². The van der Waals surface area contributed by atoms with Crippen LogP contribution < -0.4 is 10.1 Å². The van der Waals surface area contributed by atoms with Crippen LogP contribution in [0.3, 0.4) is 0 Å². The summed E-state index contributed by atoms with van der Waals surface area (Å²) in [6, 6.07) is 18.5. The molecule has 0 aliphatic carbocycles. The molecule has 0 radical (unpaired) electrons. The first kappa shape index (κ1) is 21.1. The van der Waals surface area contributed by atoms with Crippen molar-refractivity contribution < 1.29 is 14.3 Å². The van der Waals surface area contributed by atoms with Gasteiger partial charge in [-0.15, -0.1) is 0 Å². The number of carbonyl (C=O) groups excluding carboxylic acids is 2. The molecule has 0 atom stereocenters. The lowest BCUT2D eigenvalue weighted by atomic mass is 10.2. The van der Waals surface area contributed by atoms with E-state index in [4.69, 9.17) is 4.74 Å². The van der Waals surface area contributed by atoms with Crippen LogP contribution in [-0.4, -0.2) is 60.9 Å². The lowest BCUT2D eigenvalue weighted by Gasteiger charge is -2.34. The van der Waals surface area contributed by atoms with Gasteiger partial charge in [-0.1, -0.05) is 18.2 Å². The van der Waals surface area contributed by atoms with Gasteiger partial charge < -0.3 is 15.0 Å². The summed E-state index contributed by atoms with van der Waals surface area (Å²) in [6.07, 6.45) is 0. The number of nitrogens with one attached hydrogen (secondary N) is 1. The van der Waals surface area contributed by atoms with Gasteiger partial charge in [0.2, 0.25) is 0 Å². The second kappa shape index (κ2) is 10.2. The van der Waals surface area contributed by atoms with Gasteiger partial charge in [-0.3, -0.25) is 14.5 Å². The number of para-hydroxylation sites is 1. The van der Waals surface area contributed by atoms with E-state index in [9.17, 15) is 9.59 Å². The van der Waals surface area contributed by atoms with Crippen molar-refractivity contribution in [2.24, 2.45) is 0 Å². The molecule has 31 heavy (non-hydrogen) atoms. The Bertz CT molecular complexity index is 983. The second-order valence-corrected chi connectivity index (χ2v) is 8.12. The molecule has 1 aliphatic rings. The number of benzene rings is 2. The summed E-state index contributed by atoms with van der Waals surface area (Å²) in [5.41, 5.74) is 1.37. The summed E-state index contributed by atoms with van der Waals surface area (Å²) < 4.78 is 5.76. The molecule has 2 aromatic carbocycles. The minimum absolute atomic E-state index is 0.0995. The zero-order chi connectivity index (χ0) is 21.5. The molecule has 0 spiro atoms. The first-order chi connectivity index (χ1) is 15.2. The second-order valence-electron chi connectivity index (χ2n) is 7.34. The molecule has 1 N–H and O–H groups in total. The Balaban J connectivity index is 1.18. The number of amides is 2. The van der Waals surface area contributed by atoms with Gasteiger partial charge in [0.15, 0.2) is 0 Å². The predicted molar refractivity (Wildman–Crippen MR) is 122 cm³/mol. The smallest absolute Gasteiger partial charge is 0.254 e. The molecule has 7 heteroatoms. The van der Waals surface area contributed by atoms with Crippen LogP contribution in [-0.2, 0) is 0 Å².